The first kappa shape index (κ1) is 19.7. The van der Waals surface area contributed by atoms with Crippen molar-refractivity contribution >= 4 is 5.91 Å². The Morgan fingerprint density at radius 1 is 1.36 bits per heavy atom. The standard InChI is InChI=1S/C20H29N3O5/c1-13-3-2-4-22-15(13)11-21-12-17-19(25)20-16(28-17)9-14(27-20)10-18(24)23-5-7-26-8-6-23/h2-4,14,16-17,19-21,25H,5-12H2,1H3. The summed E-state index contributed by atoms with van der Waals surface area (Å²) in [5.74, 6) is 0.0895. The molecule has 8 nitrogen and oxygen atoms in total. The molecule has 1 aromatic heterocycles. The second-order valence-corrected chi connectivity index (χ2v) is 7.76. The monoisotopic (exact) mass is 391 g/mol. The molecule has 8 heteroatoms. The topological polar surface area (TPSA) is 93.2 Å². The number of nitrogens with one attached hydrogen (secondary N) is 1. The molecule has 4 heterocycles. The number of carbonyl (C=O) groups excluding carboxylic acids is 1. The highest BCUT2D eigenvalue weighted by Gasteiger charge is 2.50. The van der Waals surface area contributed by atoms with E-state index in [2.05, 4.69) is 10.3 Å². The second-order valence-electron chi connectivity index (χ2n) is 7.76. The fourth-order valence-electron chi connectivity index (χ4n) is 4.18. The summed E-state index contributed by atoms with van der Waals surface area (Å²) in [6.45, 7) is 5.66. The minimum atomic E-state index is -0.689. The molecule has 5 atom stereocenters. The molecule has 5 unspecified atom stereocenters. The van der Waals surface area contributed by atoms with E-state index in [1.54, 1.807) is 6.20 Å². The summed E-state index contributed by atoms with van der Waals surface area (Å²) < 4.78 is 17.3. The highest BCUT2D eigenvalue weighted by atomic mass is 16.6. The predicted octanol–water partition coefficient (Wildman–Crippen LogP) is 0.0143. The molecule has 154 valence electrons. The number of amides is 1. The number of aliphatic hydroxyl groups is 1. The summed E-state index contributed by atoms with van der Waals surface area (Å²) >= 11 is 0. The van der Waals surface area contributed by atoms with Gasteiger partial charge in [0.15, 0.2) is 0 Å². The number of hydrogen-bond donors (Lipinski definition) is 2. The molecule has 0 radical (unpaired) electrons. The first-order valence-electron chi connectivity index (χ1n) is 10.1. The van der Waals surface area contributed by atoms with Crippen LogP contribution in [-0.2, 0) is 25.5 Å². The maximum Gasteiger partial charge on any atom is 0.225 e. The van der Waals surface area contributed by atoms with Crippen LogP contribution in [0.15, 0.2) is 18.3 Å². The Hall–Kier alpha value is -1.58. The van der Waals surface area contributed by atoms with Gasteiger partial charge in [0.1, 0.15) is 12.2 Å². The zero-order valence-electron chi connectivity index (χ0n) is 16.3. The lowest BCUT2D eigenvalue weighted by Crippen LogP contribution is -2.42. The molecule has 0 bridgehead atoms. The molecule has 0 spiro atoms. The number of ether oxygens (including phenoxy) is 3. The lowest BCUT2D eigenvalue weighted by molar-refractivity contribution is -0.138. The minimum Gasteiger partial charge on any atom is -0.388 e. The Bertz CT molecular complexity index is 682. The summed E-state index contributed by atoms with van der Waals surface area (Å²) in [7, 11) is 0. The van der Waals surface area contributed by atoms with Crippen molar-refractivity contribution in [2.75, 3.05) is 32.8 Å². The van der Waals surface area contributed by atoms with E-state index in [-0.39, 0.29) is 30.3 Å². The van der Waals surface area contributed by atoms with Crippen LogP contribution in [0.25, 0.3) is 0 Å². The van der Waals surface area contributed by atoms with E-state index in [0.29, 0.717) is 52.2 Å². The number of fused-ring (bicyclic) bond motifs is 1. The first-order valence-corrected chi connectivity index (χ1v) is 10.1. The van der Waals surface area contributed by atoms with Crippen LogP contribution in [0.5, 0.6) is 0 Å². The lowest BCUT2D eigenvalue weighted by atomic mass is 10.1. The molecule has 1 amide bonds. The number of aromatic nitrogens is 1. The van der Waals surface area contributed by atoms with Crippen molar-refractivity contribution in [3.8, 4) is 0 Å². The third-order valence-corrected chi connectivity index (χ3v) is 5.80. The second kappa shape index (κ2) is 8.84. The Labute approximate surface area is 165 Å². The maximum atomic E-state index is 12.4. The van der Waals surface area contributed by atoms with Gasteiger partial charge in [-0.2, -0.15) is 0 Å². The summed E-state index contributed by atoms with van der Waals surface area (Å²) in [6, 6.07) is 3.95. The van der Waals surface area contributed by atoms with E-state index in [4.69, 9.17) is 14.2 Å². The number of aliphatic hydroxyl groups excluding tert-OH is 1. The number of aryl methyl sites for hydroxylation is 1. The van der Waals surface area contributed by atoms with E-state index in [1.165, 1.54) is 0 Å². The van der Waals surface area contributed by atoms with Crippen molar-refractivity contribution in [3.05, 3.63) is 29.6 Å². The molecule has 28 heavy (non-hydrogen) atoms. The van der Waals surface area contributed by atoms with Gasteiger partial charge in [0, 0.05) is 38.8 Å². The third-order valence-electron chi connectivity index (χ3n) is 5.80. The molecule has 3 aliphatic rings. The van der Waals surface area contributed by atoms with Crippen LogP contribution in [0.3, 0.4) is 0 Å². The average molecular weight is 391 g/mol. The normalized spacial score (nSPS) is 32.5. The van der Waals surface area contributed by atoms with Crippen molar-refractivity contribution in [1.29, 1.82) is 0 Å². The van der Waals surface area contributed by atoms with Gasteiger partial charge in [-0.15, -0.1) is 0 Å². The maximum absolute atomic E-state index is 12.4. The van der Waals surface area contributed by atoms with Crippen LogP contribution in [0.2, 0.25) is 0 Å². The van der Waals surface area contributed by atoms with Crippen molar-refractivity contribution in [3.63, 3.8) is 0 Å². The van der Waals surface area contributed by atoms with Gasteiger partial charge < -0.3 is 29.5 Å². The fourth-order valence-corrected chi connectivity index (χ4v) is 4.18. The first-order chi connectivity index (χ1) is 13.6. The summed E-state index contributed by atoms with van der Waals surface area (Å²) in [5.41, 5.74) is 2.13. The summed E-state index contributed by atoms with van der Waals surface area (Å²) in [6.07, 6.45) is 1.07. The van der Waals surface area contributed by atoms with Gasteiger partial charge in [-0.1, -0.05) is 6.07 Å². The zero-order valence-corrected chi connectivity index (χ0v) is 16.3. The third kappa shape index (κ3) is 4.36. The smallest absolute Gasteiger partial charge is 0.225 e. The van der Waals surface area contributed by atoms with Crippen LogP contribution in [-0.4, -0.2) is 84.3 Å². The number of hydrogen-bond acceptors (Lipinski definition) is 7. The van der Waals surface area contributed by atoms with E-state index in [9.17, 15) is 9.90 Å². The van der Waals surface area contributed by atoms with Gasteiger partial charge in [0.2, 0.25) is 5.91 Å². The molecule has 0 aliphatic carbocycles. The Morgan fingerprint density at radius 3 is 2.93 bits per heavy atom. The number of carbonyl (C=O) groups is 1. The van der Waals surface area contributed by atoms with Crippen LogP contribution < -0.4 is 5.32 Å². The van der Waals surface area contributed by atoms with Gasteiger partial charge in [-0.05, 0) is 18.6 Å². The molecular weight excluding hydrogens is 362 g/mol. The lowest BCUT2D eigenvalue weighted by Gasteiger charge is -2.28. The molecule has 1 aromatic rings. The molecule has 4 rings (SSSR count). The Balaban J connectivity index is 1.22. The molecule has 2 N–H and O–H groups in total. The summed E-state index contributed by atoms with van der Waals surface area (Å²) in [4.78, 5) is 18.6. The van der Waals surface area contributed by atoms with E-state index < -0.39 is 6.10 Å². The van der Waals surface area contributed by atoms with Crippen molar-refractivity contribution in [1.82, 2.24) is 15.2 Å². The predicted molar refractivity (Wildman–Crippen MR) is 101 cm³/mol. The van der Waals surface area contributed by atoms with Crippen molar-refractivity contribution in [2.45, 2.75) is 56.8 Å². The van der Waals surface area contributed by atoms with Gasteiger partial charge in [0.05, 0.1) is 43.6 Å². The number of rotatable bonds is 6. The van der Waals surface area contributed by atoms with E-state index in [1.807, 2.05) is 24.0 Å². The van der Waals surface area contributed by atoms with Gasteiger partial charge in [0.25, 0.3) is 0 Å². The fraction of sp³-hybridized carbons (Fsp3) is 0.700. The SMILES string of the molecule is Cc1cccnc1CNCC1OC2CC(CC(=O)N3CCOCC3)OC2C1O. The molecule has 0 aromatic carbocycles. The van der Waals surface area contributed by atoms with Crippen LogP contribution in [0.1, 0.15) is 24.1 Å². The van der Waals surface area contributed by atoms with Crippen LogP contribution in [0.4, 0.5) is 0 Å². The Morgan fingerprint density at radius 2 is 2.18 bits per heavy atom. The highest BCUT2D eigenvalue weighted by Crippen LogP contribution is 2.35. The van der Waals surface area contributed by atoms with Gasteiger partial charge in [-0.3, -0.25) is 9.78 Å². The molecule has 3 aliphatic heterocycles. The van der Waals surface area contributed by atoms with Crippen molar-refractivity contribution in [2.24, 2.45) is 0 Å². The summed E-state index contributed by atoms with van der Waals surface area (Å²) in [5, 5.41) is 13.9. The quantitative estimate of drug-likeness (QED) is 0.706. The van der Waals surface area contributed by atoms with Crippen LogP contribution in [0, 0.1) is 6.92 Å². The van der Waals surface area contributed by atoms with E-state index >= 15 is 0 Å². The highest BCUT2D eigenvalue weighted by molar-refractivity contribution is 5.76. The zero-order chi connectivity index (χ0) is 19.5. The number of pyridine rings is 1. The number of morpholine rings is 1. The molecule has 3 fully saturated rings. The van der Waals surface area contributed by atoms with Crippen LogP contribution >= 0.6 is 0 Å². The largest absolute Gasteiger partial charge is 0.388 e. The van der Waals surface area contributed by atoms with E-state index in [0.717, 1.165) is 11.3 Å². The minimum absolute atomic E-state index is 0.0895. The van der Waals surface area contributed by atoms with Gasteiger partial charge in [-0.25, -0.2) is 0 Å². The van der Waals surface area contributed by atoms with Gasteiger partial charge >= 0.3 is 0 Å². The molecular formula is C20H29N3O5. The molecule has 3 saturated heterocycles. The average Bonchev–Trinajstić information content (AvgIpc) is 3.22. The van der Waals surface area contributed by atoms with Crippen molar-refractivity contribution < 1.29 is 24.1 Å². The number of nitrogens with zero attached hydrogens (tertiary/aromatic N) is 2. The Kier molecular flexibility index (Phi) is 6.22. The molecule has 0 saturated carbocycles.